The Labute approximate surface area is 85.0 Å². The van der Waals surface area contributed by atoms with E-state index >= 15 is 0 Å². The number of hydrogen-bond donors (Lipinski definition) is 6. The maximum atomic E-state index is 9.34. The van der Waals surface area contributed by atoms with Gasteiger partial charge in [-0.15, -0.1) is 5.10 Å². The predicted molar refractivity (Wildman–Crippen MR) is 53.4 cm³/mol. The first-order chi connectivity index (χ1) is 7.00. The van der Waals surface area contributed by atoms with Crippen LogP contribution in [0.15, 0.2) is 17.2 Å². The highest BCUT2D eigenvalue weighted by Gasteiger charge is 2.09. The smallest absolute Gasteiger partial charge is 0.256 e. The second kappa shape index (κ2) is 4.18. The molecule has 0 bridgehead atoms. The molecule has 0 fully saturated rings. The first-order valence-corrected chi connectivity index (χ1v) is 3.93. The van der Waals surface area contributed by atoms with Gasteiger partial charge in [0.25, 0.3) is 5.96 Å². The van der Waals surface area contributed by atoms with Crippen LogP contribution in [0.5, 0.6) is 17.2 Å². The van der Waals surface area contributed by atoms with Crippen molar-refractivity contribution < 1.29 is 20.4 Å². The number of hydrazone groups is 1. The zero-order chi connectivity index (χ0) is 11.4. The number of nitrogens with zero attached hydrogens (tertiary/aromatic N) is 1. The third-order valence-corrected chi connectivity index (χ3v) is 1.52. The molecule has 0 aliphatic rings. The van der Waals surface area contributed by atoms with Gasteiger partial charge in [-0.1, -0.05) is 0 Å². The lowest BCUT2D eigenvalue weighted by Crippen LogP contribution is -2.63. The number of guanidine groups is 1. The van der Waals surface area contributed by atoms with E-state index in [4.69, 9.17) is 16.6 Å². The van der Waals surface area contributed by atoms with Gasteiger partial charge in [0.05, 0.1) is 0 Å². The minimum absolute atomic E-state index is 0.0674. The van der Waals surface area contributed by atoms with Crippen molar-refractivity contribution in [3.8, 4) is 17.2 Å². The van der Waals surface area contributed by atoms with Gasteiger partial charge in [0.2, 0.25) is 6.21 Å². The number of phenols is 3. The standard InChI is InChI=1S/C8H10N4O3/c9-8(10)12-11-3-5-6(14)1-4(13)2-7(5)15/h1-3,13-15H,(H4,9,10,12)/p+1. The molecule has 0 aliphatic heterocycles. The Morgan fingerprint density at radius 1 is 1.20 bits per heavy atom. The van der Waals surface area contributed by atoms with E-state index in [9.17, 15) is 10.2 Å². The first-order valence-electron chi connectivity index (χ1n) is 3.93. The van der Waals surface area contributed by atoms with Gasteiger partial charge >= 0.3 is 0 Å². The summed E-state index contributed by atoms with van der Waals surface area (Å²) in [5, 5.41) is 33.4. The second-order valence-electron chi connectivity index (χ2n) is 2.71. The minimum atomic E-state index is -0.300. The Morgan fingerprint density at radius 3 is 2.20 bits per heavy atom. The summed E-state index contributed by atoms with van der Waals surface area (Å²) in [5.41, 5.74) is 10.1. The Bertz CT molecular complexity index is 401. The summed E-state index contributed by atoms with van der Waals surface area (Å²) in [6.07, 6.45) is 1.18. The van der Waals surface area contributed by atoms with Crippen LogP contribution in [0.4, 0.5) is 0 Å². The molecule has 1 aromatic carbocycles. The highest BCUT2D eigenvalue weighted by atomic mass is 16.3. The molecule has 8 N–H and O–H groups in total. The monoisotopic (exact) mass is 211 g/mol. The van der Waals surface area contributed by atoms with E-state index < -0.39 is 0 Å². The fourth-order valence-electron chi connectivity index (χ4n) is 0.928. The van der Waals surface area contributed by atoms with Crippen LogP contribution in [0, 0.1) is 0 Å². The average molecular weight is 211 g/mol. The zero-order valence-corrected chi connectivity index (χ0v) is 7.68. The van der Waals surface area contributed by atoms with Crippen molar-refractivity contribution >= 4 is 12.2 Å². The van der Waals surface area contributed by atoms with Gasteiger partial charge in [-0.25, -0.2) is 0 Å². The van der Waals surface area contributed by atoms with Crippen molar-refractivity contribution in [1.29, 1.82) is 0 Å². The number of hydrogen-bond acceptors (Lipinski definition) is 4. The molecule has 0 saturated heterocycles. The van der Waals surface area contributed by atoms with E-state index in [1.807, 2.05) is 0 Å². The third-order valence-electron chi connectivity index (χ3n) is 1.52. The van der Waals surface area contributed by atoms with Crippen LogP contribution in [0.2, 0.25) is 0 Å². The highest BCUT2D eigenvalue weighted by Crippen LogP contribution is 2.29. The van der Waals surface area contributed by atoms with Crippen LogP contribution in [0.3, 0.4) is 0 Å². The van der Waals surface area contributed by atoms with Gasteiger partial charge in [-0.3, -0.25) is 0 Å². The molecule has 0 radical (unpaired) electrons. The van der Waals surface area contributed by atoms with Gasteiger partial charge in [-0.05, 0) is 0 Å². The molecule has 1 aromatic rings. The fraction of sp³-hybridized carbons (Fsp3) is 0. The summed E-state index contributed by atoms with van der Waals surface area (Å²) in [4.78, 5) is 0. The highest BCUT2D eigenvalue weighted by molar-refractivity contribution is 5.84. The third kappa shape index (κ3) is 2.76. The van der Waals surface area contributed by atoms with Crippen LogP contribution in [-0.4, -0.2) is 27.5 Å². The molecule has 0 amide bonds. The molecule has 0 atom stereocenters. The number of nitrogens with one attached hydrogen (secondary N) is 1. The molecule has 0 spiro atoms. The molecule has 0 aliphatic carbocycles. The summed E-state index contributed by atoms with van der Waals surface area (Å²) < 4.78 is 0. The van der Waals surface area contributed by atoms with Crippen LogP contribution in [-0.2, 0) is 0 Å². The van der Waals surface area contributed by atoms with Crippen molar-refractivity contribution in [2.75, 3.05) is 0 Å². The molecule has 15 heavy (non-hydrogen) atoms. The molecule has 0 saturated carbocycles. The normalized spacial score (nSPS) is 10.4. The Morgan fingerprint density at radius 2 is 1.73 bits per heavy atom. The number of rotatable bonds is 2. The van der Waals surface area contributed by atoms with E-state index in [0.29, 0.717) is 0 Å². The van der Waals surface area contributed by atoms with Crippen LogP contribution in [0.1, 0.15) is 5.56 Å². The quantitative estimate of drug-likeness (QED) is 0.182. The van der Waals surface area contributed by atoms with Gasteiger partial charge in [0, 0.05) is 17.2 Å². The SMILES string of the molecule is NC(N)=N[NH+]=Cc1c(O)cc(O)cc1O. The Kier molecular flexibility index (Phi) is 2.97. The average Bonchev–Trinajstić information content (AvgIpc) is 2.08. The maximum absolute atomic E-state index is 9.34. The summed E-state index contributed by atoms with van der Waals surface area (Å²) in [6.45, 7) is 0. The number of nitrogens with two attached hydrogens (primary N) is 2. The van der Waals surface area contributed by atoms with E-state index in [2.05, 4.69) is 10.2 Å². The van der Waals surface area contributed by atoms with Crippen LogP contribution < -0.4 is 16.6 Å². The number of aromatic hydroxyl groups is 3. The Hall–Kier alpha value is -2.44. The topological polar surface area (TPSA) is 139 Å². The molecule has 0 aromatic heterocycles. The summed E-state index contributed by atoms with van der Waals surface area (Å²) in [6, 6.07) is 2.14. The van der Waals surface area contributed by atoms with Gasteiger partial charge < -0.3 is 26.8 Å². The van der Waals surface area contributed by atoms with Gasteiger partial charge in [0.1, 0.15) is 22.8 Å². The van der Waals surface area contributed by atoms with Crippen molar-refractivity contribution in [1.82, 2.24) is 0 Å². The van der Waals surface area contributed by atoms with Crippen molar-refractivity contribution in [3.63, 3.8) is 0 Å². The zero-order valence-electron chi connectivity index (χ0n) is 7.68. The van der Waals surface area contributed by atoms with Crippen molar-refractivity contribution in [3.05, 3.63) is 17.7 Å². The summed E-state index contributed by atoms with van der Waals surface area (Å²) in [7, 11) is 0. The molecular weight excluding hydrogens is 200 g/mol. The number of phenolic OH excluding ortho intramolecular Hbond substituents is 3. The van der Waals surface area contributed by atoms with E-state index in [-0.39, 0.29) is 28.8 Å². The molecular formula is C8H11N4O3+. The lowest BCUT2D eigenvalue weighted by molar-refractivity contribution is -0.456. The molecule has 1 rings (SSSR count). The van der Waals surface area contributed by atoms with Crippen molar-refractivity contribution in [2.45, 2.75) is 0 Å². The summed E-state index contributed by atoms with van der Waals surface area (Å²) in [5.74, 6) is -1.04. The van der Waals surface area contributed by atoms with E-state index in [1.165, 1.54) is 6.21 Å². The minimum Gasteiger partial charge on any atom is -0.508 e. The summed E-state index contributed by atoms with van der Waals surface area (Å²) >= 11 is 0. The lowest BCUT2D eigenvalue weighted by Gasteiger charge is -1.99. The molecule has 7 heteroatoms. The van der Waals surface area contributed by atoms with Gasteiger partial charge in [-0.2, -0.15) is 0 Å². The van der Waals surface area contributed by atoms with Crippen LogP contribution >= 0.6 is 0 Å². The van der Waals surface area contributed by atoms with E-state index in [0.717, 1.165) is 12.1 Å². The first kappa shape index (κ1) is 10.6. The molecule has 80 valence electrons. The van der Waals surface area contributed by atoms with Gasteiger partial charge in [0.15, 0.2) is 0 Å². The van der Waals surface area contributed by atoms with Crippen molar-refractivity contribution in [2.24, 2.45) is 16.6 Å². The fourth-order valence-corrected chi connectivity index (χ4v) is 0.928. The number of benzene rings is 1. The Balaban J connectivity index is 3.05. The van der Waals surface area contributed by atoms with Crippen LogP contribution in [0.25, 0.3) is 0 Å². The molecule has 7 nitrogen and oxygen atoms in total. The maximum Gasteiger partial charge on any atom is 0.256 e. The van der Waals surface area contributed by atoms with E-state index in [1.54, 1.807) is 0 Å². The lowest BCUT2D eigenvalue weighted by atomic mass is 10.2. The largest absolute Gasteiger partial charge is 0.508 e. The predicted octanol–water partition coefficient (Wildman–Crippen LogP) is -2.51. The molecule has 0 heterocycles. The molecule has 0 unspecified atom stereocenters. The second-order valence-corrected chi connectivity index (χ2v) is 2.71.